The third-order valence-corrected chi connectivity index (χ3v) is 6.23. The number of carbonyl (C=O) groups is 1. The molecular formula is C22H26N4O3S. The van der Waals surface area contributed by atoms with Gasteiger partial charge >= 0.3 is 0 Å². The molecule has 1 saturated carbocycles. The molecule has 0 atom stereocenters. The maximum Gasteiger partial charge on any atom is 0.269 e. The highest BCUT2D eigenvalue weighted by molar-refractivity contribution is 7.07. The van der Waals surface area contributed by atoms with E-state index in [9.17, 15) is 14.9 Å². The third-order valence-electron chi connectivity index (χ3n) is 5.10. The SMILES string of the molecule is COCCCn1c(=O)/c(=C\c2ccccn2)s/c1=C(/C#N)C(=O)NC1CCCCC1. The first-order valence-electron chi connectivity index (χ1n) is 10.2. The van der Waals surface area contributed by atoms with E-state index in [1.165, 1.54) is 11.0 Å². The van der Waals surface area contributed by atoms with Crippen molar-refractivity contribution in [3.8, 4) is 6.07 Å². The highest BCUT2D eigenvalue weighted by Crippen LogP contribution is 2.17. The zero-order valence-electron chi connectivity index (χ0n) is 17.1. The Kier molecular flexibility index (Phi) is 7.94. The van der Waals surface area contributed by atoms with Crippen LogP contribution in [0.4, 0.5) is 0 Å². The minimum Gasteiger partial charge on any atom is -0.385 e. The number of carbonyl (C=O) groups excluding carboxylic acids is 1. The maximum absolute atomic E-state index is 13.0. The summed E-state index contributed by atoms with van der Waals surface area (Å²) in [7, 11) is 1.60. The molecule has 0 aromatic carbocycles. The van der Waals surface area contributed by atoms with E-state index < -0.39 is 5.91 Å². The Labute approximate surface area is 179 Å². The second kappa shape index (κ2) is 10.9. The summed E-state index contributed by atoms with van der Waals surface area (Å²) >= 11 is 1.16. The summed E-state index contributed by atoms with van der Waals surface area (Å²) in [4.78, 5) is 30.2. The van der Waals surface area contributed by atoms with Crippen LogP contribution in [-0.2, 0) is 16.1 Å². The fraction of sp³-hybridized carbons (Fsp3) is 0.455. The zero-order valence-corrected chi connectivity index (χ0v) is 17.9. The van der Waals surface area contributed by atoms with Gasteiger partial charge in [0.15, 0.2) is 5.57 Å². The Morgan fingerprint density at radius 1 is 1.40 bits per heavy atom. The normalized spacial score (nSPS) is 16.2. The van der Waals surface area contributed by atoms with Crippen LogP contribution in [-0.4, -0.2) is 35.2 Å². The van der Waals surface area contributed by atoms with Gasteiger partial charge in [-0.25, -0.2) is 0 Å². The topological polar surface area (TPSA) is 97.0 Å². The Bertz CT molecular complexity index is 1080. The summed E-state index contributed by atoms with van der Waals surface area (Å²) in [6, 6.07) is 7.57. The van der Waals surface area contributed by atoms with Crippen molar-refractivity contribution < 1.29 is 9.53 Å². The fourth-order valence-corrected chi connectivity index (χ4v) is 4.68. The minimum absolute atomic E-state index is 0.0132. The van der Waals surface area contributed by atoms with Gasteiger partial charge in [0.1, 0.15) is 10.7 Å². The number of nitrogens with zero attached hydrogens (tertiary/aromatic N) is 3. The Balaban J connectivity index is 2.06. The van der Waals surface area contributed by atoms with Crippen molar-refractivity contribution >= 4 is 28.9 Å². The largest absolute Gasteiger partial charge is 0.385 e. The van der Waals surface area contributed by atoms with Gasteiger partial charge in [0.05, 0.1) is 10.2 Å². The number of amides is 1. The number of aromatic nitrogens is 2. The molecule has 2 heterocycles. The smallest absolute Gasteiger partial charge is 0.269 e. The van der Waals surface area contributed by atoms with Crippen molar-refractivity contribution in [1.82, 2.24) is 14.9 Å². The van der Waals surface area contributed by atoms with Crippen LogP contribution >= 0.6 is 11.3 Å². The Hall–Kier alpha value is -2.76. The van der Waals surface area contributed by atoms with Crippen LogP contribution in [0, 0.1) is 11.3 Å². The molecular weight excluding hydrogens is 400 g/mol. The van der Waals surface area contributed by atoms with E-state index in [0.717, 1.165) is 37.0 Å². The van der Waals surface area contributed by atoms with Gasteiger partial charge in [0.2, 0.25) is 0 Å². The lowest BCUT2D eigenvalue weighted by molar-refractivity contribution is -0.116. The summed E-state index contributed by atoms with van der Waals surface area (Å²) < 4.78 is 7.44. The molecule has 2 aromatic rings. The molecule has 1 N–H and O–H groups in total. The lowest BCUT2D eigenvalue weighted by atomic mass is 9.95. The third kappa shape index (κ3) is 5.43. The molecule has 0 unspecified atom stereocenters. The predicted octanol–water partition coefficient (Wildman–Crippen LogP) is 1.29. The molecule has 30 heavy (non-hydrogen) atoms. The summed E-state index contributed by atoms with van der Waals surface area (Å²) in [6.45, 7) is 0.855. The number of ether oxygens (including phenoxy) is 1. The first-order chi connectivity index (χ1) is 14.6. The van der Waals surface area contributed by atoms with Gasteiger partial charge in [0.25, 0.3) is 11.5 Å². The summed E-state index contributed by atoms with van der Waals surface area (Å²) in [6.07, 6.45) is 9.14. The van der Waals surface area contributed by atoms with Crippen molar-refractivity contribution in [3.63, 3.8) is 0 Å². The van der Waals surface area contributed by atoms with Gasteiger partial charge in [-0.15, -0.1) is 11.3 Å². The first-order valence-corrected chi connectivity index (χ1v) is 11.0. The highest BCUT2D eigenvalue weighted by atomic mass is 32.1. The molecule has 0 radical (unpaired) electrons. The maximum atomic E-state index is 13.0. The minimum atomic E-state index is -0.407. The van der Waals surface area contributed by atoms with Gasteiger partial charge in [-0.1, -0.05) is 25.3 Å². The predicted molar refractivity (Wildman–Crippen MR) is 116 cm³/mol. The van der Waals surface area contributed by atoms with E-state index in [-0.39, 0.29) is 17.2 Å². The molecule has 158 valence electrons. The van der Waals surface area contributed by atoms with Crippen molar-refractivity contribution in [2.75, 3.05) is 13.7 Å². The van der Waals surface area contributed by atoms with E-state index >= 15 is 0 Å². The number of nitriles is 1. The van der Waals surface area contributed by atoms with Gasteiger partial charge < -0.3 is 10.1 Å². The summed E-state index contributed by atoms with van der Waals surface area (Å²) in [5, 5.41) is 12.7. The van der Waals surface area contributed by atoms with Gasteiger partial charge in [-0.2, -0.15) is 5.26 Å². The number of pyridine rings is 1. The zero-order chi connectivity index (χ0) is 21.3. The number of methoxy groups -OCH3 is 1. The van der Waals surface area contributed by atoms with Crippen molar-refractivity contribution in [2.45, 2.75) is 51.1 Å². The monoisotopic (exact) mass is 426 g/mol. The average molecular weight is 427 g/mol. The van der Waals surface area contributed by atoms with E-state index in [1.54, 1.807) is 31.5 Å². The number of thiazole rings is 1. The van der Waals surface area contributed by atoms with Crippen molar-refractivity contribution in [2.24, 2.45) is 0 Å². The lowest BCUT2D eigenvalue weighted by Gasteiger charge is -2.22. The van der Waals surface area contributed by atoms with E-state index in [0.29, 0.717) is 34.5 Å². The average Bonchev–Trinajstić information content (AvgIpc) is 3.05. The molecule has 0 spiro atoms. The standard InChI is InChI=1S/C22H26N4O3S/c1-29-13-7-12-26-21(28)19(14-17-10-5-6-11-24-17)30-22(26)18(15-23)20(27)25-16-8-3-2-4-9-16/h5-6,10-11,14,16H,2-4,7-9,12-13H2,1H3,(H,25,27)/b19-14+,22-18-. The quantitative estimate of drug-likeness (QED) is 0.673. The summed E-state index contributed by atoms with van der Waals surface area (Å²) in [5.74, 6) is -0.407. The van der Waals surface area contributed by atoms with Crippen LogP contribution in [0.5, 0.6) is 0 Å². The van der Waals surface area contributed by atoms with Crippen LogP contribution in [0.1, 0.15) is 44.2 Å². The van der Waals surface area contributed by atoms with Gasteiger partial charge in [-0.05, 0) is 37.5 Å². The van der Waals surface area contributed by atoms with Gasteiger partial charge in [0, 0.05) is 32.5 Å². The molecule has 0 aliphatic heterocycles. The molecule has 1 fully saturated rings. The second-order valence-electron chi connectivity index (χ2n) is 7.27. The molecule has 0 bridgehead atoms. The van der Waals surface area contributed by atoms with E-state index in [1.807, 2.05) is 12.1 Å². The molecule has 1 aliphatic carbocycles. The Morgan fingerprint density at radius 3 is 2.87 bits per heavy atom. The molecule has 0 saturated heterocycles. The van der Waals surface area contributed by atoms with Crippen LogP contribution in [0.2, 0.25) is 0 Å². The molecule has 8 heteroatoms. The molecule has 1 amide bonds. The first kappa shape index (κ1) is 21.9. The van der Waals surface area contributed by atoms with Crippen LogP contribution in [0.25, 0.3) is 11.6 Å². The van der Waals surface area contributed by atoms with Crippen LogP contribution < -0.4 is 20.1 Å². The lowest BCUT2D eigenvalue weighted by Crippen LogP contribution is -2.39. The second-order valence-corrected chi connectivity index (χ2v) is 8.30. The molecule has 7 nitrogen and oxygen atoms in total. The number of hydrogen-bond donors (Lipinski definition) is 1. The number of nitrogens with one attached hydrogen (secondary N) is 1. The van der Waals surface area contributed by atoms with Crippen LogP contribution in [0.15, 0.2) is 29.2 Å². The molecule has 2 aromatic heterocycles. The Morgan fingerprint density at radius 2 is 2.20 bits per heavy atom. The van der Waals surface area contributed by atoms with E-state index in [2.05, 4.69) is 10.3 Å². The molecule has 1 aliphatic rings. The van der Waals surface area contributed by atoms with Gasteiger partial charge in [-0.3, -0.25) is 19.1 Å². The number of rotatable bonds is 7. The molecule has 3 rings (SSSR count). The van der Waals surface area contributed by atoms with Crippen molar-refractivity contribution in [3.05, 3.63) is 49.6 Å². The van der Waals surface area contributed by atoms with Crippen molar-refractivity contribution in [1.29, 1.82) is 5.26 Å². The van der Waals surface area contributed by atoms with Crippen LogP contribution in [0.3, 0.4) is 0 Å². The highest BCUT2D eigenvalue weighted by Gasteiger charge is 2.20. The number of hydrogen-bond acceptors (Lipinski definition) is 6. The van der Waals surface area contributed by atoms with E-state index in [4.69, 9.17) is 4.74 Å². The summed E-state index contributed by atoms with van der Waals surface area (Å²) in [5.41, 5.74) is 0.410. The fourth-order valence-electron chi connectivity index (χ4n) is 3.57.